The van der Waals surface area contributed by atoms with Gasteiger partial charge in [0.1, 0.15) is 11.6 Å². The molecule has 1 aromatic heterocycles. The summed E-state index contributed by atoms with van der Waals surface area (Å²) in [7, 11) is 0. The molecule has 0 atom stereocenters. The van der Waals surface area contributed by atoms with Crippen molar-refractivity contribution in [1.29, 1.82) is 0 Å². The highest BCUT2D eigenvalue weighted by molar-refractivity contribution is 6.68. The first-order chi connectivity index (χ1) is 12.4. The van der Waals surface area contributed by atoms with E-state index >= 15 is 0 Å². The largest absolute Gasteiger partial charge is 0.357 e. The lowest BCUT2D eigenvalue weighted by Crippen LogP contribution is -2.35. The molecule has 0 spiro atoms. The molecule has 1 aliphatic rings. The third-order valence-electron chi connectivity index (χ3n) is 5.47. The van der Waals surface area contributed by atoms with Gasteiger partial charge in [-0.05, 0) is 91.9 Å². The first-order valence-corrected chi connectivity index (χ1v) is 9.40. The number of carbonyl (C=O) groups excluding carboxylic acids is 1. The molecule has 0 bridgehead atoms. The number of piperidine rings is 1. The third-order valence-corrected chi connectivity index (χ3v) is 5.66. The second-order valence-corrected chi connectivity index (χ2v) is 7.58. The third kappa shape index (κ3) is 4.80. The number of anilines is 1. The van der Waals surface area contributed by atoms with Crippen molar-refractivity contribution in [1.82, 2.24) is 4.98 Å². The molecule has 1 saturated heterocycles. The number of aryl methyl sites for hydroxylation is 2. The van der Waals surface area contributed by atoms with Gasteiger partial charge in [-0.2, -0.15) is 0 Å². The average Bonchev–Trinajstić information content (AvgIpc) is 2.59. The fourth-order valence-corrected chi connectivity index (χ4v) is 4.34. The monoisotopic (exact) mass is 410 g/mol. The van der Waals surface area contributed by atoms with Gasteiger partial charge in [0.25, 0.3) is 5.24 Å². The zero-order chi connectivity index (χ0) is 18.8. The normalized spacial score (nSPS) is 14.8. The van der Waals surface area contributed by atoms with E-state index in [0.29, 0.717) is 11.5 Å². The Morgan fingerprint density at radius 2 is 1.89 bits per heavy atom. The Morgan fingerprint density at radius 1 is 1.22 bits per heavy atom. The predicted molar refractivity (Wildman–Crippen MR) is 111 cm³/mol. The number of aromatic nitrogens is 1. The zero-order valence-corrected chi connectivity index (χ0v) is 17.5. The molecule has 27 heavy (non-hydrogen) atoms. The minimum Gasteiger partial charge on any atom is -0.357 e. The van der Waals surface area contributed by atoms with Crippen LogP contribution in [0, 0.1) is 32.5 Å². The summed E-state index contributed by atoms with van der Waals surface area (Å²) >= 11 is 5.80. The molecule has 3 nitrogen and oxygen atoms in total. The highest BCUT2D eigenvalue weighted by Gasteiger charge is 2.23. The van der Waals surface area contributed by atoms with E-state index in [-0.39, 0.29) is 23.5 Å². The highest BCUT2D eigenvalue weighted by Crippen LogP contribution is 2.30. The van der Waals surface area contributed by atoms with Crippen LogP contribution in [-0.2, 0) is 6.42 Å². The van der Waals surface area contributed by atoms with E-state index in [1.807, 2.05) is 13.8 Å². The smallest absolute Gasteiger partial charge is 0.252 e. The molecule has 0 amide bonds. The maximum absolute atomic E-state index is 13.0. The van der Waals surface area contributed by atoms with Crippen LogP contribution in [0.5, 0.6) is 0 Å². The molecule has 0 saturated carbocycles. The standard InChI is InChI=1S/C21H24ClFN2O.ClH/c1-13-10-14(2)20(21(22)26)15(3)18(13)11-16-6-8-25(9-7-16)19-5-4-17(23)12-24-19;/h4-5,10,12,16H,6-9,11H2,1-3H3;1H. The molecule has 6 heteroatoms. The van der Waals surface area contributed by atoms with E-state index in [1.54, 1.807) is 6.07 Å². The van der Waals surface area contributed by atoms with Gasteiger partial charge in [0.2, 0.25) is 0 Å². The van der Waals surface area contributed by atoms with Crippen LogP contribution in [0.3, 0.4) is 0 Å². The van der Waals surface area contributed by atoms with Gasteiger partial charge in [0.05, 0.1) is 6.20 Å². The average molecular weight is 411 g/mol. The fraction of sp³-hybridized carbons (Fsp3) is 0.429. The van der Waals surface area contributed by atoms with E-state index in [9.17, 15) is 9.18 Å². The first-order valence-electron chi connectivity index (χ1n) is 9.02. The quantitative estimate of drug-likeness (QED) is 0.631. The van der Waals surface area contributed by atoms with Gasteiger partial charge >= 0.3 is 0 Å². The van der Waals surface area contributed by atoms with Crippen molar-refractivity contribution in [2.24, 2.45) is 5.92 Å². The van der Waals surface area contributed by atoms with Crippen molar-refractivity contribution in [3.63, 3.8) is 0 Å². The van der Waals surface area contributed by atoms with E-state index in [2.05, 4.69) is 22.9 Å². The van der Waals surface area contributed by atoms with Gasteiger partial charge in [-0.1, -0.05) is 6.07 Å². The number of benzene rings is 1. The highest BCUT2D eigenvalue weighted by atomic mass is 35.5. The Hall–Kier alpha value is -1.65. The lowest BCUT2D eigenvalue weighted by atomic mass is 9.84. The Balaban J connectivity index is 0.00000261. The van der Waals surface area contributed by atoms with Crippen molar-refractivity contribution in [3.8, 4) is 0 Å². The topological polar surface area (TPSA) is 33.2 Å². The molecule has 1 aromatic carbocycles. The fourth-order valence-electron chi connectivity index (χ4n) is 4.05. The summed E-state index contributed by atoms with van der Waals surface area (Å²) in [4.78, 5) is 18.2. The molecular formula is C21H25Cl2FN2O. The van der Waals surface area contributed by atoms with Gasteiger partial charge in [0, 0.05) is 18.7 Å². The molecule has 0 N–H and O–H groups in total. The van der Waals surface area contributed by atoms with Crippen LogP contribution in [-0.4, -0.2) is 23.3 Å². The number of carbonyl (C=O) groups is 1. The lowest BCUT2D eigenvalue weighted by molar-refractivity contribution is 0.108. The molecule has 146 valence electrons. The Kier molecular flexibility index (Phi) is 7.24. The molecule has 1 aliphatic heterocycles. The van der Waals surface area contributed by atoms with Gasteiger partial charge in [-0.3, -0.25) is 4.79 Å². The number of halogens is 3. The second kappa shape index (κ2) is 9.03. The van der Waals surface area contributed by atoms with Crippen molar-refractivity contribution in [3.05, 3.63) is 58.0 Å². The van der Waals surface area contributed by atoms with Gasteiger partial charge < -0.3 is 4.90 Å². The molecule has 0 aliphatic carbocycles. The van der Waals surface area contributed by atoms with Crippen LogP contribution in [0.1, 0.15) is 45.5 Å². The summed E-state index contributed by atoms with van der Waals surface area (Å²) in [5, 5.41) is -0.376. The van der Waals surface area contributed by atoms with Crippen LogP contribution in [0.2, 0.25) is 0 Å². The molecule has 2 aromatic rings. The maximum atomic E-state index is 13.0. The minimum absolute atomic E-state index is 0. The van der Waals surface area contributed by atoms with Gasteiger partial charge in [-0.25, -0.2) is 9.37 Å². The number of hydrogen-bond acceptors (Lipinski definition) is 3. The van der Waals surface area contributed by atoms with E-state index < -0.39 is 0 Å². The van der Waals surface area contributed by atoms with Crippen molar-refractivity contribution in [2.75, 3.05) is 18.0 Å². The molecule has 2 heterocycles. The van der Waals surface area contributed by atoms with Crippen molar-refractivity contribution in [2.45, 2.75) is 40.0 Å². The number of rotatable bonds is 4. The number of pyridine rings is 1. The van der Waals surface area contributed by atoms with E-state index in [1.165, 1.54) is 23.4 Å². The predicted octanol–water partition coefficient (Wildman–Crippen LogP) is 5.41. The van der Waals surface area contributed by atoms with Gasteiger partial charge in [0.15, 0.2) is 0 Å². The zero-order valence-electron chi connectivity index (χ0n) is 15.9. The minimum atomic E-state index is -0.376. The van der Waals surface area contributed by atoms with E-state index in [0.717, 1.165) is 49.3 Å². The lowest BCUT2D eigenvalue weighted by Gasteiger charge is -2.33. The summed E-state index contributed by atoms with van der Waals surface area (Å²) in [6.45, 7) is 7.87. The Labute approximate surface area is 171 Å². The maximum Gasteiger partial charge on any atom is 0.252 e. The summed E-state index contributed by atoms with van der Waals surface area (Å²) in [5.41, 5.74) is 5.09. The van der Waals surface area contributed by atoms with Crippen molar-refractivity contribution >= 4 is 35.1 Å². The van der Waals surface area contributed by atoms with E-state index in [4.69, 9.17) is 11.6 Å². The molecule has 0 unspecified atom stereocenters. The summed E-state index contributed by atoms with van der Waals surface area (Å²) < 4.78 is 13.0. The summed E-state index contributed by atoms with van der Waals surface area (Å²) in [6.07, 6.45) is 4.33. The van der Waals surface area contributed by atoms with Gasteiger partial charge in [-0.15, -0.1) is 12.4 Å². The van der Waals surface area contributed by atoms with Crippen molar-refractivity contribution < 1.29 is 9.18 Å². The number of nitrogens with zero attached hydrogens (tertiary/aromatic N) is 2. The Morgan fingerprint density at radius 3 is 2.44 bits per heavy atom. The molecular weight excluding hydrogens is 386 g/mol. The SMILES string of the molecule is Cc1cc(C)c(C(=O)Cl)c(C)c1CC1CCN(c2ccc(F)cn2)CC1.Cl. The van der Waals surface area contributed by atoms with Crippen LogP contribution in [0.25, 0.3) is 0 Å². The van der Waals surface area contributed by atoms with Crippen LogP contribution in [0.15, 0.2) is 24.4 Å². The van der Waals surface area contributed by atoms with Crippen LogP contribution >= 0.6 is 24.0 Å². The summed E-state index contributed by atoms with van der Waals surface area (Å²) in [5.74, 6) is 1.09. The molecule has 3 rings (SSSR count). The second-order valence-electron chi connectivity index (χ2n) is 7.23. The molecule has 0 radical (unpaired) electrons. The van der Waals surface area contributed by atoms with Crippen LogP contribution < -0.4 is 4.90 Å². The first kappa shape index (κ1) is 21.6. The molecule has 1 fully saturated rings. The summed E-state index contributed by atoms with van der Waals surface area (Å²) in [6, 6.07) is 5.26. The van der Waals surface area contributed by atoms with Crippen LogP contribution in [0.4, 0.5) is 10.2 Å². The Bertz CT molecular complexity index is 816. The number of hydrogen-bond donors (Lipinski definition) is 0.